The van der Waals surface area contributed by atoms with Crippen molar-refractivity contribution in [3.05, 3.63) is 30.4 Å². The number of rotatable bonds is 4. The summed E-state index contributed by atoms with van der Waals surface area (Å²) in [5.74, 6) is 0. The molecule has 3 heterocycles. The Balaban J connectivity index is 2.05. The lowest BCUT2D eigenvalue weighted by Gasteiger charge is -2.27. The average Bonchev–Trinajstić information content (AvgIpc) is 3.18. The van der Waals surface area contributed by atoms with Crippen molar-refractivity contribution in [1.29, 1.82) is 0 Å². The molecule has 22 heavy (non-hydrogen) atoms. The minimum Gasteiger partial charge on any atom is -0.276 e. The van der Waals surface area contributed by atoms with Crippen molar-refractivity contribution in [2.75, 3.05) is 20.6 Å². The van der Waals surface area contributed by atoms with Crippen molar-refractivity contribution in [1.82, 2.24) is 28.8 Å². The molecule has 0 aromatic carbocycles. The van der Waals surface area contributed by atoms with Crippen molar-refractivity contribution in [2.24, 2.45) is 0 Å². The molecule has 0 bridgehead atoms. The molecule has 1 atom stereocenters. The van der Waals surface area contributed by atoms with E-state index in [0.717, 1.165) is 18.5 Å². The number of aromatic amines is 1. The molecule has 0 radical (unpaired) electrons. The van der Waals surface area contributed by atoms with Crippen LogP contribution in [0.15, 0.2) is 24.7 Å². The van der Waals surface area contributed by atoms with Crippen molar-refractivity contribution in [3.63, 3.8) is 0 Å². The minimum absolute atomic E-state index is 0.306. The molecule has 0 aliphatic carbocycles. The van der Waals surface area contributed by atoms with Crippen LogP contribution >= 0.6 is 0 Å². The van der Waals surface area contributed by atoms with Gasteiger partial charge in [-0.25, -0.2) is 0 Å². The molecule has 118 valence electrons. The van der Waals surface area contributed by atoms with Crippen LogP contribution in [-0.2, 0) is 10.2 Å². The third-order valence-corrected chi connectivity index (χ3v) is 5.71. The highest BCUT2D eigenvalue weighted by molar-refractivity contribution is 7.86. The second-order valence-electron chi connectivity index (χ2n) is 5.32. The number of hydrogen-bond acceptors (Lipinski definition) is 5. The third-order valence-electron chi connectivity index (χ3n) is 3.76. The Morgan fingerprint density at radius 3 is 2.73 bits per heavy atom. The molecule has 0 amide bonds. The van der Waals surface area contributed by atoms with Crippen LogP contribution in [0.2, 0.25) is 0 Å². The number of H-pyrrole nitrogens is 1. The van der Waals surface area contributed by atoms with Gasteiger partial charge in [0.15, 0.2) is 0 Å². The van der Waals surface area contributed by atoms with Crippen LogP contribution in [0.3, 0.4) is 0 Å². The Kier molecular flexibility index (Phi) is 3.94. The Labute approximate surface area is 129 Å². The summed E-state index contributed by atoms with van der Waals surface area (Å²) < 4.78 is 27.7. The Hall–Kier alpha value is -1.84. The van der Waals surface area contributed by atoms with E-state index in [1.807, 2.05) is 0 Å². The zero-order valence-corrected chi connectivity index (χ0v) is 13.3. The minimum atomic E-state index is -3.49. The quantitative estimate of drug-likeness (QED) is 0.899. The maximum absolute atomic E-state index is 12.5. The molecule has 1 saturated heterocycles. The zero-order valence-electron chi connectivity index (χ0n) is 12.5. The second kappa shape index (κ2) is 5.75. The summed E-state index contributed by atoms with van der Waals surface area (Å²) in [5, 5.41) is 6.79. The number of hydrogen-bond donors (Lipinski definition) is 1. The molecule has 1 aliphatic rings. The standard InChI is InChI=1S/C13H18N6O2S/c1-18(2)22(20,21)19-9-3-4-11(19)13-12(14-7-8-15-13)10-5-6-16-17-10/h5-8,11H,3-4,9H2,1-2H3,(H,16,17)/t11-/m1/s1. The van der Waals surface area contributed by atoms with E-state index in [0.29, 0.717) is 17.9 Å². The highest BCUT2D eigenvalue weighted by atomic mass is 32.2. The van der Waals surface area contributed by atoms with Crippen molar-refractivity contribution in [3.8, 4) is 11.4 Å². The number of nitrogens with one attached hydrogen (secondary N) is 1. The van der Waals surface area contributed by atoms with Crippen molar-refractivity contribution >= 4 is 10.2 Å². The first kappa shape index (κ1) is 15.1. The van der Waals surface area contributed by atoms with Gasteiger partial charge in [-0.05, 0) is 18.9 Å². The maximum atomic E-state index is 12.5. The van der Waals surface area contributed by atoms with Gasteiger partial charge < -0.3 is 0 Å². The normalized spacial score (nSPS) is 19.9. The van der Waals surface area contributed by atoms with E-state index in [4.69, 9.17) is 0 Å². The molecule has 0 spiro atoms. The molecule has 2 aromatic rings. The summed E-state index contributed by atoms with van der Waals surface area (Å²) in [6.07, 6.45) is 6.35. The number of aromatic nitrogens is 4. The molecular weight excluding hydrogens is 304 g/mol. The molecule has 2 aromatic heterocycles. The molecule has 1 N–H and O–H groups in total. The molecule has 1 aliphatic heterocycles. The van der Waals surface area contributed by atoms with E-state index in [1.165, 1.54) is 22.7 Å². The summed E-state index contributed by atoms with van der Waals surface area (Å²) >= 11 is 0. The smallest absolute Gasteiger partial charge is 0.276 e. The highest BCUT2D eigenvalue weighted by Crippen LogP contribution is 2.37. The molecule has 8 nitrogen and oxygen atoms in total. The fourth-order valence-electron chi connectivity index (χ4n) is 2.69. The summed E-state index contributed by atoms with van der Waals surface area (Å²) in [5.41, 5.74) is 2.04. The van der Waals surface area contributed by atoms with Crippen LogP contribution in [0.5, 0.6) is 0 Å². The predicted molar refractivity (Wildman–Crippen MR) is 80.9 cm³/mol. The molecule has 1 fully saturated rings. The van der Waals surface area contributed by atoms with Gasteiger partial charge in [-0.2, -0.15) is 22.1 Å². The van der Waals surface area contributed by atoms with E-state index in [9.17, 15) is 8.42 Å². The van der Waals surface area contributed by atoms with Gasteiger partial charge in [0, 0.05) is 39.2 Å². The van der Waals surface area contributed by atoms with Crippen molar-refractivity contribution in [2.45, 2.75) is 18.9 Å². The van der Waals surface area contributed by atoms with E-state index >= 15 is 0 Å². The van der Waals surface area contributed by atoms with Crippen LogP contribution in [0.1, 0.15) is 24.6 Å². The molecular formula is C13H18N6O2S. The van der Waals surface area contributed by atoms with Gasteiger partial charge in [0.25, 0.3) is 10.2 Å². The first-order valence-electron chi connectivity index (χ1n) is 7.02. The fraction of sp³-hybridized carbons (Fsp3) is 0.462. The Bertz CT molecular complexity index is 744. The first-order valence-corrected chi connectivity index (χ1v) is 8.41. The van der Waals surface area contributed by atoms with Gasteiger partial charge >= 0.3 is 0 Å². The maximum Gasteiger partial charge on any atom is 0.282 e. The van der Waals surface area contributed by atoms with E-state index < -0.39 is 10.2 Å². The SMILES string of the molecule is CN(C)S(=O)(=O)N1CCC[C@@H]1c1nccnc1-c1ccn[nH]1. The van der Waals surface area contributed by atoms with E-state index in [1.54, 1.807) is 24.7 Å². The van der Waals surface area contributed by atoms with Crippen LogP contribution in [-0.4, -0.2) is 57.8 Å². The predicted octanol–water partition coefficient (Wildman–Crippen LogP) is 0.810. The largest absolute Gasteiger partial charge is 0.282 e. The second-order valence-corrected chi connectivity index (χ2v) is 7.41. The average molecular weight is 322 g/mol. The van der Waals surface area contributed by atoms with Gasteiger partial charge in [-0.1, -0.05) is 0 Å². The lowest BCUT2D eigenvalue weighted by molar-refractivity contribution is 0.358. The Morgan fingerprint density at radius 1 is 1.27 bits per heavy atom. The van der Waals surface area contributed by atoms with Crippen LogP contribution in [0.25, 0.3) is 11.4 Å². The fourth-order valence-corrected chi connectivity index (χ4v) is 3.99. The van der Waals surface area contributed by atoms with Gasteiger partial charge in [0.1, 0.15) is 5.69 Å². The Morgan fingerprint density at radius 2 is 2.05 bits per heavy atom. The van der Waals surface area contributed by atoms with Gasteiger partial charge in [0.05, 0.1) is 17.4 Å². The molecule has 9 heteroatoms. The van der Waals surface area contributed by atoms with E-state index in [-0.39, 0.29) is 6.04 Å². The summed E-state index contributed by atoms with van der Waals surface area (Å²) in [6, 6.07) is 1.49. The topological polar surface area (TPSA) is 95.1 Å². The van der Waals surface area contributed by atoms with Crippen LogP contribution < -0.4 is 0 Å². The molecule has 0 unspecified atom stereocenters. The third kappa shape index (κ3) is 2.51. The highest BCUT2D eigenvalue weighted by Gasteiger charge is 2.38. The zero-order chi connectivity index (χ0) is 15.7. The number of nitrogens with zero attached hydrogens (tertiary/aromatic N) is 5. The van der Waals surface area contributed by atoms with Crippen LogP contribution in [0, 0.1) is 0 Å². The van der Waals surface area contributed by atoms with Crippen LogP contribution in [0.4, 0.5) is 0 Å². The van der Waals surface area contributed by atoms with Gasteiger partial charge in [0.2, 0.25) is 0 Å². The van der Waals surface area contributed by atoms with Gasteiger partial charge in [-0.15, -0.1) is 0 Å². The van der Waals surface area contributed by atoms with Crippen molar-refractivity contribution < 1.29 is 8.42 Å². The van der Waals surface area contributed by atoms with E-state index in [2.05, 4.69) is 20.2 Å². The van der Waals surface area contributed by atoms with Gasteiger partial charge in [-0.3, -0.25) is 15.1 Å². The summed E-state index contributed by atoms with van der Waals surface area (Å²) in [7, 11) is -0.409. The summed E-state index contributed by atoms with van der Waals surface area (Å²) in [4.78, 5) is 8.76. The lowest BCUT2D eigenvalue weighted by Crippen LogP contribution is -2.39. The first-order chi connectivity index (χ1) is 10.5. The lowest BCUT2D eigenvalue weighted by atomic mass is 10.1. The summed E-state index contributed by atoms with van der Waals surface area (Å²) in [6.45, 7) is 0.490. The molecule has 0 saturated carbocycles. The monoisotopic (exact) mass is 322 g/mol. The molecule has 3 rings (SSSR count).